The molecule has 1 aliphatic rings. The third-order valence-electron chi connectivity index (χ3n) is 5.70. The molecular formula is C29H22ClF4N5O4. The molecule has 0 aliphatic heterocycles. The summed E-state index contributed by atoms with van der Waals surface area (Å²) in [6.45, 7) is 0. The molecule has 2 aromatic carbocycles. The minimum Gasteiger partial charge on any atom is -0.462 e. The van der Waals surface area contributed by atoms with Crippen molar-refractivity contribution in [1.29, 1.82) is 0 Å². The Morgan fingerprint density at radius 3 is 2.49 bits per heavy atom. The number of ether oxygens (including phenoxy) is 1. The van der Waals surface area contributed by atoms with Crippen LogP contribution in [0.1, 0.15) is 34.5 Å². The van der Waals surface area contributed by atoms with Crippen LogP contribution in [0.25, 0.3) is 6.08 Å². The number of benzene rings is 2. The Labute approximate surface area is 247 Å². The van der Waals surface area contributed by atoms with Gasteiger partial charge in [0.25, 0.3) is 11.8 Å². The lowest BCUT2D eigenvalue weighted by Crippen LogP contribution is -2.41. The Balaban J connectivity index is 1.28. The number of rotatable bonds is 7. The van der Waals surface area contributed by atoms with E-state index in [1.165, 1.54) is 48.7 Å². The molecule has 4 N–H and O–H groups in total. The van der Waals surface area contributed by atoms with Gasteiger partial charge in [-0.1, -0.05) is 23.7 Å². The second-order valence-electron chi connectivity index (χ2n) is 8.91. The first-order valence-corrected chi connectivity index (χ1v) is 12.9. The molecule has 0 saturated heterocycles. The van der Waals surface area contributed by atoms with Crippen molar-refractivity contribution in [3.63, 3.8) is 0 Å². The van der Waals surface area contributed by atoms with Gasteiger partial charge in [-0.15, -0.1) is 0 Å². The van der Waals surface area contributed by atoms with E-state index in [1.54, 1.807) is 18.2 Å². The molecule has 4 amide bonds. The molecule has 0 saturated carbocycles. The number of amides is 4. The fourth-order valence-electron chi connectivity index (χ4n) is 3.69. The highest BCUT2D eigenvalue weighted by atomic mass is 35.5. The summed E-state index contributed by atoms with van der Waals surface area (Å²) in [4.78, 5) is 40.6. The Morgan fingerprint density at radius 2 is 1.77 bits per heavy atom. The number of alkyl halides is 3. The number of carbonyl (C=O) groups excluding carboxylic acids is 3. The van der Waals surface area contributed by atoms with Crippen LogP contribution in [0.5, 0.6) is 5.75 Å². The maximum absolute atomic E-state index is 13.2. The first-order valence-electron chi connectivity index (χ1n) is 12.5. The highest BCUT2D eigenvalue weighted by molar-refractivity contribution is 6.31. The number of hydrogen-bond donors (Lipinski definition) is 4. The summed E-state index contributed by atoms with van der Waals surface area (Å²) in [5, 5.41) is 4.43. The Bertz CT molecular complexity index is 1640. The Hall–Kier alpha value is -5.17. The van der Waals surface area contributed by atoms with Crippen molar-refractivity contribution in [2.45, 2.75) is 19.0 Å². The number of nitrogens with one attached hydrogen (secondary N) is 4. The number of anilines is 1. The number of halogens is 5. The van der Waals surface area contributed by atoms with E-state index in [4.69, 9.17) is 16.3 Å². The average Bonchev–Trinajstić information content (AvgIpc) is 2.96. The van der Waals surface area contributed by atoms with E-state index in [1.807, 2.05) is 0 Å². The van der Waals surface area contributed by atoms with Crippen molar-refractivity contribution in [3.8, 4) is 5.75 Å². The van der Waals surface area contributed by atoms with Crippen LogP contribution in [0.15, 0.2) is 90.5 Å². The van der Waals surface area contributed by atoms with E-state index < -0.39 is 40.4 Å². The summed E-state index contributed by atoms with van der Waals surface area (Å²) in [5.41, 5.74) is 4.18. The van der Waals surface area contributed by atoms with Gasteiger partial charge in [0.15, 0.2) is 0 Å². The Morgan fingerprint density at radius 1 is 0.953 bits per heavy atom. The average molecular weight is 616 g/mol. The summed E-state index contributed by atoms with van der Waals surface area (Å²) in [7, 11) is 0. The van der Waals surface area contributed by atoms with E-state index in [-0.39, 0.29) is 17.1 Å². The van der Waals surface area contributed by atoms with Crippen LogP contribution in [0.4, 0.5) is 28.0 Å². The van der Waals surface area contributed by atoms with Gasteiger partial charge in [-0.05, 0) is 66.6 Å². The summed E-state index contributed by atoms with van der Waals surface area (Å²) in [5.74, 6) is -1.02. The lowest BCUT2D eigenvalue weighted by atomic mass is 10.1. The maximum atomic E-state index is 13.2. The summed E-state index contributed by atoms with van der Waals surface area (Å²) in [6, 6.07) is 10.8. The predicted molar refractivity (Wildman–Crippen MR) is 150 cm³/mol. The number of nitrogens with zero attached hydrogens (tertiary/aromatic N) is 1. The molecular weight excluding hydrogens is 594 g/mol. The SMILES string of the molecule is O=C(/C=C/c1cccc(F)c1)NNC(=O)c1cc(OC2=CC=C(NC(=O)Nc3ccc(Cl)c(C(F)(F)F)c3)CC2)ccn1. The first kappa shape index (κ1) is 30.8. The van der Waals surface area contributed by atoms with Gasteiger partial charge >= 0.3 is 12.2 Å². The zero-order valence-electron chi connectivity index (χ0n) is 22.0. The summed E-state index contributed by atoms with van der Waals surface area (Å²) >= 11 is 5.60. The van der Waals surface area contributed by atoms with E-state index >= 15 is 0 Å². The highest BCUT2D eigenvalue weighted by Crippen LogP contribution is 2.36. The molecule has 1 aromatic heterocycles. The number of allylic oxidation sites excluding steroid dienone is 4. The fourth-order valence-corrected chi connectivity index (χ4v) is 3.92. The minimum absolute atomic E-state index is 0.0474. The first-order chi connectivity index (χ1) is 20.5. The number of hydrogen-bond acceptors (Lipinski definition) is 5. The molecule has 14 heteroatoms. The van der Waals surface area contributed by atoms with Crippen molar-refractivity contribution in [3.05, 3.63) is 118 Å². The van der Waals surface area contributed by atoms with Crippen molar-refractivity contribution >= 4 is 41.2 Å². The van der Waals surface area contributed by atoms with Crippen LogP contribution >= 0.6 is 11.6 Å². The largest absolute Gasteiger partial charge is 0.462 e. The fraction of sp³-hybridized carbons (Fsp3) is 0.103. The van der Waals surface area contributed by atoms with Gasteiger partial charge in [-0.25, -0.2) is 9.18 Å². The number of carbonyl (C=O) groups is 3. The molecule has 9 nitrogen and oxygen atoms in total. The number of urea groups is 1. The molecule has 0 radical (unpaired) electrons. The molecule has 0 fully saturated rings. The van der Waals surface area contributed by atoms with Gasteiger partial charge in [-0.3, -0.25) is 25.4 Å². The normalized spacial score (nSPS) is 13.0. The van der Waals surface area contributed by atoms with E-state index in [0.29, 0.717) is 29.9 Å². The van der Waals surface area contributed by atoms with E-state index in [2.05, 4.69) is 26.5 Å². The second kappa shape index (κ2) is 13.7. The molecule has 3 aromatic rings. The molecule has 222 valence electrons. The topological polar surface area (TPSA) is 121 Å². The minimum atomic E-state index is -4.67. The number of hydrazine groups is 1. The summed E-state index contributed by atoms with van der Waals surface area (Å²) in [6.07, 6.45) is 3.05. The Kier molecular flexibility index (Phi) is 9.78. The van der Waals surface area contributed by atoms with Crippen LogP contribution in [-0.2, 0) is 11.0 Å². The van der Waals surface area contributed by atoms with Gasteiger partial charge in [0.1, 0.15) is 23.0 Å². The molecule has 0 bridgehead atoms. The quantitative estimate of drug-likeness (QED) is 0.145. The molecule has 1 heterocycles. The predicted octanol–water partition coefficient (Wildman–Crippen LogP) is 6.13. The third kappa shape index (κ3) is 9.16. The van der Waals surface area contributed by atoms with Crippen molar-refractivity contribution in [2.24, 2.45) is 0 Å². The maximum Gasteiger partial charge on any atom is 0.417 e. The number of pyridine rings is 1. The van der Waals surface area contributed by atoms with Gasteiger partial charge < -0.3 is 15.4 Å². The lowest BCUT2D eigenvalue weighted by Gasteiger charge is -2.17. The molecule has 0 spiro atoms. The smallest absolute Gasteiger partial charge is 0.417 e. The van der Waals surface area contributed by atoms with Crippen LogP contribution in [0.2, 0.25) is 5.02 Å². The molecule has 1 aliphatic carbocycles. The monoisotopic (exact) mass is 615 g/mol. The van der Waals surface area contributed by atoms with Gasteiger partial charge in [-0.2, -0.15) is 13.2 Å². The van der Waals surface area contributed by atoms with Crippen molar-refractivity contribution in [1.82, 2.24) is 21.2 Å². The molecule has 0 atom stereocenters. The van der Waals surface area contributed by atoms with Gasteiger partial charge in [0.05, 0.1) is 10.6 Å². The third-order valence-corrected chi connectivity index (χ3v) is 6.03. The molecule has 4 rings (SSSR count). The van der Waals surface area contributed by atoms with Crippen LogP contribution in [0, 0.1) is 5.82 Å². The standard InChI is InChI=1S/C29H22ClF4N5O4/c30-24-10-7-20(15-23(24)29(32,33)34)37-28(42)36-19-5-8-21(9-6-19)43-22-12-13-35-25(16-22)27(41)39-38-26(40)11-4-17-2-1-3-18(31)14-17/h1-5,7-8,10-16H,6,9H2,(H,38,40)(H,39,41)(H2,36,37,42)/b11-4+. The highest BCUT2D eigenvalue weighted by Gasteiger charge is 2.33. The van der Waals surface area contributed by atoms with Gasteiger partial charge in [0, 0.05) is 36.1 Å². The molecule has 0 unspecified atom stereocenters. The van der Waals surface area contributed by atoms with Crippen molar-refractivity contribution in [2.75, 3.05) is 5.32 Å². The van der Waals surface area contributed by atoms with Gasteiger partial charge in [0.2, 0.25) is 0 Å². The van der Waals surface area contributed by atoms with Crippen LogP contribution < -0.4 is 26.2 Å². The van der Waals surface area contributed by atoms with Crippen LogP contribution in [-0.4, -0.2) is 22.8 Å². The zero-order chi connectivity index (χ0) is 31.0. The second-order valence-corrected chi connectivity index (χ2v) is 9.31. The van der Waals surface area contributed by atoms with E-state index in [9.17, 15) is 31.9 Å². The van der Waals surface area contributed by atoms with Crippen LogP contribution in [0.3, 0.4) is 0 Å². The lowest BCUT2D eigenvalue weighted by molar-refractivity contribution is -0.137. The summed E-state index contributed by atoms with van der Waals surface area (Å²) < 4.78 is 58.2. The number of aromatic nitrogens is 1. The van der Waals surface area contributed by atoms with Crippen molar-refractivity contribution < 1.29 is 36.7 Å². The van der Waals surface area contributed by atoms with E-state index in [0.717, 1.165) is 18.2 Å². The zero-order valence-corrected chi connectivity index (χ0v) is 22.7. The molecule has 43 heavy (non-hydrogen) atoms.